The summed E-state index contributed by atoms with van der Waals surface area (Å²) >= 11 is 0. The van der Waals surface area contributed by atoms with E-state index in [-0.39, 0.29) is 0 Å². The number of hydrogen-bond acceptors (Lipinski definition) is 3. The normalized spacial score (nSPS) is 10.7. The summed E-state index contributed by atoms with van der Waals surface area (Å²) in [5.41, 5.74) is 4.88. The molecule has 5 aromatic rings. The fourth-order valence-electron chi connectivity index (χ4n) is 3.49. The van der Waals surface area contributed by atoms with Gasteiger partial charge in [-0.3, -0.25) is 9.88 Å². The van der Waals surface area contributed by atoms with E-state index >= 15 is 0 Å². The van der Waals surface area contributed by atoms with Crippen molar-refractivity contribution in [2.75, 3.05) is 4.90 Å². The summed E-state index contributed by atoms with van der Waals surface area (Å²) in [6.45, 7) is 0. The molecular formula is C26H20N4. The largest absolute Gasteiger partial charge is 0.324 e. The van der Waals surface area contributed by atoms with Crippen molar-refractivity contribution in [3.63, 3.8) is 0 Å². The number of benzene rings is 2. The van der Waals surface area contributed by atoms with Gasteiger partial charge in [0.25, 0.3) is 0 Å². The van der Waals surface area contributed by atoms with Gasteiger partial charge in [-0.15, -0.1) is 0 Å². The Balaban J connectivity index is 1.64. The Morgan fingerprint density at radius 3 is 2.13 bits per heavy atom. The molecule has 0 N–H and O–H groups in total. The molecule has 0 radical (unpaired) electrons. The average Bonchev–Trinajstić information content (AvgIpc) is 3.36. The number of pyridine rings is 2. The van der Waals surface area contributed by atoms with Crippen LogP contribution in [0.3, 0.4) is 0 Å². The van der Waals surface area contributed by atoms with E-state index in [1.165, 1.54) is 0 Å². The minimum atomic E-state index is 0.842. The summed E-state index contributed by atoms with van der Waals surface area (Å²) < 4.78 is 2.10. The molecule has 4 nitrogen and oxygen atoms in total. The Hall–Kier alpha value is -4.18. The molecule has 144 valence electrons. The molecule has 4 heteroatoms. The van der Waals surface area contributed by atoms with E-state index in [1.54, 1.807) is 6.20 Å². The van der Waals surface area contributed by atoms with Gasteiger partial charge < -0.3 is 4.57 Å². The lowest BCUT2D eigenvalue weighted by atomic mass is 10.2. The van der Waals surface area contributed by atoms with Crippen LogP contribution in [0, 0.1) is 0 Å². The first-order chi connectivity index (χ1) is 14.9. The zero-order chi connectivity index (χ0) is 20.2. The molecule has 0 atom stereocenters. The highest BCUT2D eigenvalue weighted by Crippen LogP contribution is 2.34. The molecule has 2 aromatic carbocycles. The standard InChI is InChI=1S/C26H20N4/c1-2-10-21(11-3-1)30(23-13-8-12-22(20-23)29-18-6-7-19-29)26-16-9-15-25(28-26)24-14-4-5-17-27-24/h1-20H. The van der Waals surface area contributed by atoms with E-state index in [0.29, 0.717) is 0 Å². The van der Waals surface area contributed by atoms with Crippen LogP contribution in [0.5, 0.6) is 0 Å². The zero-order valence-corrected chi connectivity index (χ0v) is 16.3. The van der Waals surface area contributed by atoms with Crippen LogP contribution in [-0.2, 0) is 0 Å². The van der Waals surface area contributed by atoms with Gasteiger partial charge >= 0.3 is 0 Å². The molecule has 0 aliphatic heterocycles. The monoisotopic (exact) mass is 388 g/mol. The number of rotatable bonds is 5. The Labute approximate surface area is 175 Å². The molecule has 3 heterocycles. The molecule has 0 spiro atoms. The molecule has 0 fully saturated rings. The van der Waals surface area contributed by atoms with Crippen LogP contribution in [0.2, 0.25) is 0 Å². The first-order valence-electron chi connectivity index (χ1n) is 9.85. The molecule has 0 bridgehead atoms. The van der Waals surface area contributed by atoms with Crippen LogP contribution in [0.15, 0.2) is 122 Å². The maximum absolute atomic E-state index is 4.95. The van der Waals surface area contributed by atoms with Gasteiger partial charge in [0.1, 0.15) is 5.82 Å². The minimum absolute atomic E-state index is 0.842. The van der Waals surface area contributed by atoms with E-state index in [1.807, 2.05) is 79.1 Å². The fraction of sp³-hybridized carbons (Fsp3) is 0. The van der Waals surface area contributed by atoms with Crippen molar-refractivity contribution >= 4 is 17.2 Å². The Morgan fingerprint density at radius 2 is 1.33 bits per heavy atom. The summed E-state index contributed by atoms with van der Waals surface area (Å²) in [4.78, 5) is 11.6. The maximum Gasteiger partial charge on any atom is 0.138 e. The molecule has 0 saturated heterocycles. The van der Waals surface area contributed by atoms with Gasteiger partial charge in [-0.05, 0) is 66.7 Å². The summed E-state index contributed by atoms with van der Waals surface area (Å²) in [5, 5.41) is 0. The molecule has 5 rings (SSSR count). The van der Waals surface area contributed by atoms with E-state index in [2.05, 4.69) is 50.8 Å². The first-order valence-corrected chi connectivity index (χ1v) is 9.85. The highest BCUT2D eigenvalue weighted by atomic mass is 15.2. The lowest BCUT2D eigenvalue weighted by Gasteiger charge is -2.25. The number of para-hydroxylation sites is 1. The molecule has 30 heavy (non-hydrogen) atoms. The van der Waals surface area contributed by atoms with Gasteiger partial charge in [-0.1, -0.05) is 36.4 Å². The molecule has 0 aliphatic carbocycles. The maximum atomic E-state index is 4.95. The first kappa shape index (κ1) is 17.9. The summed E-state index contributed by atoms with van der Waals surface area (Å²) in [6.07, 6.45) is 5.89. The van der Waals surface area contributed by atoms with Gasteiger partial charge in [0.2, 0.25) is 0 Å². The van der Waals surface area contributed by atoms with E-state index in [9.17, 15) is 0 Å². The summed E-state index contributed by atoms with van der Waals surface area (Å²) in [5.74, 6) is 0.842. The molecule has 0 aliphatic rings. The molecule has 0 saturated carbocycles. The number of aromatic nitrogens is 3. The van der Waals surface area contributed by atoms with Crippen molar-refractivity contribution in [2.45, 2.75) is 0 Å². The number of hydrogen-bond donors (Lipinski definition) is 0. The Kier molecular flexibility index (Phi) is 4.80. The third-order valence-corrected chi connectivity index (χ3v) is 4.90. The number of anilines is 3. The van der Waals surface area contributed by atoms with Gasteiger partial charge in [-0.2, -0.15) is 0 Å². The topological polar surface area (TPSA) is 34.0 Å². The quantitative estimate of drug-likeness (QED) is 0.349. The van der Waals surface area contributed by atoms with Gasteiger partial charge in [0, 0.05) is 35.7 Å². The van der Waals surface area contributed by atoms with Crippen molar-refractivity contribution in [1.29, 1.82) is 0 Å². The third kappa shape index (κ3) is 3.59. The van der Waals surface area contributed by atoms with E-state index in [0.717, 1.165) is 34.3 Å². The summed E-state index contributed by atoms with van der Waals surface area (Å²) in [6, 6.07) is 34.7. The van der Waals surface area contributed by atoms with Crippen LogP contribution in [0.1, 0.15) is 0 Å². The number of nitrogens with zero attached hydrogens (tertiary/aromatic N) is 4. The van der Waals surface area contributed by atoms with Crippen LogP contribution in [-0.4, -0.2) is 14.5 Å². The van der Waals surface area contributed by atoms with Crippen molar-refractivity contribution in [3.8, 4) is 17.1 Å². The predicted molar refractivity (Wildman–Crippen MR) is 121 cm³/mol. The van der Waals surface area contributed by atoms with E-state index < -0.39 is 0 Å². The van der Waals surface area contributed by atoms with Gasteiger partial charge in [0.15, 0.2) is 0 Å². The second-order valence-electron chi connectivity index (χ2n) is 6.88. The van der Waals surface area contributed by atoms with Crippen LogP contribution in [0.4, 0.5) is 17.2 Å². The fourth-order valence-corrected chi connectivity index (χ4v) is 3.49. The minimum Gasteiger partial charge on any atom is -0.324 e. The second kappa shape index (κ2) is 8.05. The average molecular weight is 388 g/mol. The highest BCUT2D eigenvalue weighted by molar-refractivity contribution is 5.76. The molecular weight excluding hydrogens is 368 g/mol. The smallest absolute Gasteiger partial charge is 0.138 e. The van der Waals surface area contributed by atoms with Crippen molar-refractivity contribution < 1.29 is 0 Å². The van der Waals surface area contributed by atoms with Crippen LogP contribution >= 0.6 is 0 Å². The SMILES string of the molecule is c1ccc(N(c2cccc(-n3cccc3)c2)c2cccc(-c3ccccn3)n2)cc1. The molecule has 3 aromatic heterocycles. The van der Waals surface area contributed by atoms with Crippen molar-refractivity contribution in [2.24, 2.45) is 0 Å². The van der Waals surface area contributed by atoms with Crippen LogP contribution in [0.25, 0.3) is 17.1 Å². The zero-order valence-electron chi connectivity index (χ0n) is 16.3. The van der Waals surface area contributed by atoms with Gasteiger partial charge in [0.05, 0.1) is 11.4 Å². The molecule has 0 amide bonds. The summed E-state index contributed by atoms with van der Waals surface area (Å²) in [7, 11) is 0. The Morgan fingerprint density at radius 1 is 0.600 bits per heavy atom. The third-order valence-electron chi connectivity index (χ3n) is 4.90. The molecule has 0 unspecified atom stereocenters. The second-order valence-corrected chi connectivity index (χ2v) is 6.88. The lowest BCUT2D eigenvalue weighted by Crippen LogP contribution is -2.12. The van der Waals surface area contributed by atoms with E-state index in [4.69, 9.17) is 4.98 Å². The lowest BCUT2D eigenvalue weighted by molar-refractivity contribution is 1.07. The van der Waals surface area contributed by atoms with Crippen molar-refractivity contribution in [1.82, 2.24) is 14.5 Å². The van der Waals surface area contributed by atoms with Crippen LogP contribution < -0.4 is 4.90 Å². The predicted octanol–water partition coefficient (Wildman–Crippen LogP) is 6.40. The Bertz CT molecular complexity index is 1230. The van der Waals surface area contributed by atoms with Gasteiger partial charge in [-0.25, -0.2) is 4.98 Å². The van der Waals surface area contributed by atoms with Crippen molar-refractivity contribution in [3.05, 3.63) is 122 Å². The highest BCUT2D eigenvalue weighted by Gasteiger charge is 2.15.